The number of thiazole rings is 1. The van der Waals surface area contributed by atoms with Gasteiger partial charge in [-0.2, -0.15) is 0 Å². The maximum Gasteiger partial charge on any atom is 0.245 e. The van der Waals surface area contributed by atoms with Crippen LogP contribution >= 0.6 is 35.3 Å². The van der Waals surface area contributed by atoms with E-state index in [1.54, 1.807) is 12.4 Å². The highest BCUT2D eigenvalue weighted by molar-refractivity contribution is 14.0. The molecular weight excluding hydrogens is 365 g/mol. The number of hydrogen-bond acceptors (Lipinski definition) is 5. The summed E-state index contributed by atoms with van der Waals surface area (Å²) in [5.74, 6) is 0.802. The summed E-state index contributed by atoms with van der Waals surface area (Å²) < 4.78 is 2.04. The Morgan fingerprint density at radius 2 is 2.28 bits per heavy atom. The van der Waals surface area contributed by atoms with Crippen LogP contribution in [0.25, 0.3) is 0 Å². The monoisotopic (exact) mass is 377 g/mol. The molecule has 0 bridgehead atoms. The van der Waals surface area contributed by atoms with Gasteiger partial charge in [-0.05, 0) is 0 Å². The van der Waals surface area contributed by atoms with Gasteiger partial charge in [-0.3, -0.25) is 4.79 Å². The van der Waals surface area contributed by atoms with Crippen molar-refractivity contribution in [1.82, 2.24) is 14.5 Å². The third kappa shape index (κ3) is 2.64. The number of anilines is 2. The number of amides is 1. The van der Waals surface area contributed by atoms with Crippen LogP contribution in [0.3, 0.4) is 0 Å². The number of hydrogen-bond donors (Lipinski definition) is 1. The number of carbonyl (C=O) groups is 1. The van der Waals surface area contributed by atoms with Crippen LogP contribution in [0.2, 0.25) is 0 Å². The number of carbonyl (C=O) groups excluding carboxylic acids is 1. The first-order valence-electron chi connectivity index (χ1n) is 5.28. The van der Waals surface area contributed by atoms with Crippen molar-refractivity contribution in [3.8, 4) is 0 Å². The van der Waals surface area contributed by atoms with Crippen LogP contribution in [0.5, 0.6) is 0 Å². The maximum absolute atomic E-state index is 11.8. The molecule has 0 radical (unpaired) electrons. The van der Waals surface area contributed by atoms with E-state index in [0.717, 1.165) is 19.0 Å². The van der Waals surface area contributed by atoms with Crippen molar-refractivity contribution >= 4 is 52.3 Å². The number of fused-ring (bicyclic) bond motifs is 1. The van der Waals surface area contributed by atoms with Crippen molar-refractivity contribution in [2.75, 3.05) is 23.3 Å². The lowest BCUT2D eigenvalue weighted by Gasteiger charge is -2.14. The van der Waals surface area contributed by atoms with Crippen LogP contribution in [0.4, 0.5) is 11.1 Å². The third-order valence-electron chi connectivity index (χ3n) is 2.60. The smallest absolute Gasteiger partial charge is 0.245 e. The molecule has 1 aliphatic rings. The number of imidazole rings is 1. The maximum atomic E-state index is 11.8. The highest BCUT2D eigenvalue weighted by Crippen LogP contribution is 2.18. The predicted molar refractivity (Wildman–Crippen MR) is 80.6 cm³/mol. The SMILES string of the molecule is I.O=C(CN1CCn2ccnc21)Nc1nccs1. The Morgan fingerprint density at radius 1 is 1.39 bits per heavy atom. The molecule has 0 fully saturated rings. The first kappa shape index (κ1) is 13.3. The van der Waals surface area contributed by atoms with Gasteiger partial charge in [0.2, 0.25) is 11.9 Å². The van der Waals surface area contributed by atoms with Crippen molar-refractivity contribution < 1.29 is 4.79 Å². The minimum absolute atomic E-state index is 0. The lowest BCUT2D eigenvalue weighted by Crippen LogP contribution is -2.32. The molecule has 0 aliphatic carbocycles. The first-order chi connectivity index (χ1) is 8.33. The van der Waals surface area contributed by atoms with Gasteiger partial charge in [-0.25, -0.2) is 9.97 Å². The van der Waals surface area contributed by atoms with Gasteiger partial charge in [0, 0.05) is 37.1 Å². The summed E-state index contributed by atoms with van der Waals surface area (Å²) >= 11 is 1.41. The quantitative estimate of drug-likeness (QED) is 0.822. The topological polar surface area (TPSA) is 63.1 Å². The zero-order valence-electron chi connectivity index (χ0n) is 9.44. The number of nitrogens with one attached hydrogen (secondary N) is 1. The Balaban J connectivity index is 0.00000120. The number of halogens is 1. The largest absolute Gasteiger partial charge is 0.331 e. The molecule has 6 nitrogen and oxygen atoms in total. The van der Waals surface area contributed by atoms with Gasteiger partial charge in [0.15, 0.2) is 5.13 Å². The number of rotatable bonds is 3. The molecule has 0 unspecified atom stereocenters. The summed E-state index contributed by atoms with van der Waals surface area (Å²) in [4.78, 5) is 22.0. The van der Waals surface area contributed by atoms with E-state index in [4.69, 9.17) is 0 Å². The Morgan fingerprint density at radius 3 is 3.06 bits per heavy atom. The van der Waals surface area contributed by atoms with E-state index in [1.165, 1.54) is 11.3 Å². The minimum atomic E-state index is -0.0589. The van der Waals surface area contributed by atoms with E-state index in [2.05, 4.69) is 15.3 Å². The van der Waals surface area contributed by atoms with Crippen LogP contribution < -0.4 is 10.2 Å². The molecule has 3 heterocycles. The molecule has 0 aromatic carbocycles. The second-order valence-electron chi connectivity index (χ2n) is 3.73. The molecule has 1 amide bonds. The van der Waals surface area contributed by atoms with Gasteiger partial charge in [0.05, 0.1) is 0 Å². The average Bonchev–Trinajstić information content (AvgIpc) is 2.97. The molecular formula is C10H12IN5OS. The molecule has 2 aromatic heterocycles. The Bertz CT molecular complexity index is 526. The van der Waals surface area contributed by atoms with Crippen LogP contribution in [0, 0.1) is 0 Å². The normalized spacial score (nSPS) is 13.0. The third-order valence-corrected chi connectivity index (χ3v) is 3.29. The molecule has 0 saturated carbocycles. The molecule has 1 N–H and O–H groups in total. The molecule has 96 valence electrons. The van der Waals surface area contributed by atoms with Crippen molar-refractivity contribution in [2.45, 2.75) is 6.54 Å². The molecule has 0 atom stereocenters. The molecule has 2 aromatic rings. The lowest BCUT2D eigenvalue weighted by atomic mass is 10.5. The van der Waals surface area contributed by atoms with Crippen LogP contribution in [0.1, 0.15) is 0 Å². The number of nitrogens with zero attached hydrogens (tertiary/aromatic N) is 4. The molecule has 8 heteroatoms. The van der Waals surface area contributed by atoms with Gasteiger partial charge < -0.3 is 14.8 Å². The van der Waals surface area contributed by atoms with Gasteiger partial charge >= 0.3 is 0 Å². The fourth-order valence-electron chi connectivity index (χ4n) is 1.85. The second kappa shape index (κ2) is 5.65. The summed E-state index contributed by atoms with van der Waals surface area (Å²) in [5, 5.41) is 5.23. The fourth-order valence-corrected chi connectivity index (χ4v) is 2.40. The summed E-state index contributed by atoms with van der Waals surface area (Å²) in [6, 6.07) is 0. The van der Waals surface area contributed by atoms with Gasteiger partial charge in [0.1, 0.15) is 6.54 Å². The van der Waals surface area contributed by atoms with E-state index in [9.17, 15) is 4.79 Å². The average molecular weight is 377 g/mol. The molecule has 18 heavy (non-hydrogen) atoms. The summed E-state index contributed by atoms with van der Waals surface area (Å²) in [6.07, 6.45) is 5.34. The second-order valence-corrected chi connectivity index (χ2v) is 4.62. The molecule has 0 saturated heterocycles. The molecule has 1 aliphatic heterocycles. The predicted octanol–water partition coefficient (Wildman–Crippen LogP) is 1.42. The zero-order valence-corrected chi connectivity index (χ0v) is 12.6. The van der Waals surface area contributed by atoms with E-state index >= 15 is 0 Å². The summed E-state index contributed by atoms with van der Waals surface area (Å²) in [7, 11) is 0. The molecule has 0 spiro atoms. The van der Waals surface area contributed by atoms with Crippen molar-refractivity contribution in [3.63, 3.8) is 0 Å². The van der Waals surface area contributed by atoms with Crippen molar-refractivity contribution in [2.24, 2.45) is 0 Å². The number of aromatic nitrogens is 3. The van der Waals surface area contributed by atoms with Gasteiger partial charge in [0.25, 0.3) is 0 Å². The Kier molecular flexibility index (Phi) is 4.17. The Hall–Kier alpha value is -1.16. The lowest BCUT2D eigenvalue weighted by molar-refractivity contribution is -0.115. The van der Waals surface area contributed by atoms with E-state index in [-0.39, 0.29) is 29.9 Å². The highest BCUT2D eigenvalue weighted by Gasteiger charge is 2.21. The van der Waals surface area contributed by atoms with E-state index in [0.29, 0.717) is 11.7 Å². The standard InChI is InChI=1S/C10H11N5OS.HI/c16-8(13-9-11-2-6-17-9)7-15-5-4-14-3-1-12-10(14)15;/h1-3,6H,4-5,7H2,(H,11,13,16);1H. The van der Waals surface area contributed by atoms with Crippen molar-refractivity contribution in [1.29, 1.82) is 0 Å². The van der Waals surface area contributed by atoms with E-state index < -0.39 is 0 Å². The van der Waals surface area contributed by atoms with Crippen molar-refractivity contribution in [3.05, 3.63) is 24.0 Å². The summed E-state index contributed by atoms with van der Waals surface area (Å²) in [5.41, 5.74) is 0. The fraction of sp³-hybridized carbons (Fsp3) is 0.300. The van der Waals surface area contributed by atoms with Crippen LogP contribution in [-0.2, 0) is 11.3 Å². The van der Waals surface area contributed by atoms with Crippen LogP contribution in [0.15, 0.2) is 24.0 Å². The van der Waals surface area contributed by atoms with Gasteiger partial charge in [-0.1, -0.05) is 0 Å². The summed E-state index contributed by atoms with van der Waals surface area (Å²) in [6.45, 7) is 2.03. The van der Waals surface area contributed by atoms with Gasteiger partial charge in [-0.15, -0.1) is 35.3 Å². The first-order valence-corrected chi connectivity index (χ1v) is 6.16. The van der Waals surface area contributed by atoms with E-state index in [1.807, 2.05) is 21.0 Å². The highest BCUT2D eigenvalue weighted by atomic mass is 127. The Labute approximate surface area is 125 Å². The minimum Gasteiger partial charge on any atom is -0.331 e. The van der Waals surface area contributed by atoms with Crippen LogP contribution in [-0.4, -0.2) is 33.5 Å². The zero-order chi connectivity index (χ0) is 11.7. The molecule has 3 rings (SSSR count).